The maximum absolute atomic E-state index is 13.5. The van der Waals surface area contributed by atoms with Gasteiger partial charge >= 0.3 is 0 Å². The number of carbonyl (C=O) groups excluding carboxylic acids is 3. The van der Waals surface area contributed by atoms with Crippen molar-refractivity contribution < 1.29 is 23.5 Å². The molecule has 0 radical (unpaired) electrons. The number of hydrogen-bond acceptors (Lipinski definition) is 8. The molecule has 0 aliphatic carbocycles. The van der Waals surface area contributed by atoms with Gasteiger partial charge in [0.25, 0.3) is 5.91 Å². The molecule has 40 heavy (non-hydrogen) atoms. The molecule has 12 heteroatoms. The maximum Gasteiger partial charge on any atom is 0.264 e. The molecule has 1 aromatic heterocycles. The molecule has 4 aromatic rings. The lowest BCUT2D eigenvalue weighted by molar-refractivity contribution is -0.120. The minimum atomic E-state index is -0.850. The molecule has 4 rings (SSSR count). The van der Waals surface area contributed by atoms with Gasteiger partial charge in [-0.15, -0.1) is 0 Å². The number of ether oxygens (including phenoxy) is 1. The zero-order valence-corrected chi connectivity index (χ0v) is 23.1. The highest BCUT2D eigenvalue weighted by Gasteiger charge is 2.27. The molecule has 3 aromatic carbocycles. The molecule has 0 fully saturated rings. The van der Waals surface area contributed by atoms with E-state index in [0.717, 1.165) is 11.3 Å². The molecule has 1 heterocycles. The van der Waals surface area contributed by atoms with Crippen LogP contribution in [0, 0.1) is 5.82 Å². The van der Waals surface area contributed by atoms with Gasteiger partial charge in [-0.1, -0.05) is 22.9 Å². The Bertz CT molecular complexity index is 1530. The summed E-state index contributed by atoms with van der Waals surface area (Å²) in [6.07, 6.45) is 0. The number of halogens is 2. The van der Waals surface area contributed by atoms with Crippen LogP contribution in [0.25, 0.3) is 0 Å². The Hall–Kier alpha value is -4.48. The van der Waals surface area contributed by atoms with Gasteiger partial charge in [-0.3, -0.25) is 14.4 Å². The van der Waals surface area contributed by atoms with Gasteiger partial charge in [0.15, 0.2) is 11.7 Å². The molecular formula is C28H25ClFN5O4S. The highest BCUT2D eigenvalue weighted by Crippen LogP contribution is 2.36. The summed E-state index contributed by atoms with van der Waals surface area (Å²) >= 11 is 6.88. The molecule has 9 nitrogen and oxygen atoms in total. The van der Waals surface area contributed by atoms with Crippen molar-refractivity contribution in [3.05, 3.63) is 94.1 Å². The smallest absolute Gasteiger partial charge is 0.264 e. The standard InChI is InChI=1S/C28H25ClFN5O4S/c1-16(27(32)38)35(21-11-7-19(30)8-12-21)28-33-26(31)25(40-28)24(37)17-3-13-22(14-4-17)39-15-23(36)34(2)20-9-5-18(29)6-10-20/h3-14,16H,15,31H2,1-2H3,(H2,32,38). The topological polar surface area (TPSA) is 132 Å². The molecule has 206 valence electrons. The number of thiazole rings is 1. The third-order valence-electron chi connectivity index (χ3n) is 6.03. The Kier molecular flexibility index (Phi) is 8.66. The summed E-state index contributed by atoms with van der Waals surface area (Å²) in [5.74, 6) is -1.38. The molecule has 0 aliphatic heterocycles. The largest absolute Gasteiger partial charge is 0.484 e. The summed E-state index contributed by atoms with van der Waals surface area (Å²) in [5, 5.41) is 0.819. The molecule has 4 N–H and O–H groups in total. The number of anilines is 4. The maximum atomic E-state index is 13.5. The first-order valence-electron chi connectivity index (χ1n) is 11.9. The van der Waals surface area contributed by atoms with Crippen molar-refractivity contribution in [2.75, 3.05) is 29.2 Å². The number of carbonyl (C=O) groups is 3. The molecule has 0 spiro atoms. The van der Waals surface area contributed by atoms with Crippen LogP contribution in [0.2, 0.25) is 5.02 Å². The minimum absolute atomic E-state index is 0.0232. The SMILES string of the molecule is CC(C(N)=O)N(c1ccc(F)cc1)c1nc(N)c(C(=O)c2ccc(OCC(=O)N(C)c3ccc(Cl)cc3)cc2)s1. The van der Waals surface area contributed by atoms with Crippen molar-refractivity contribution in [2.45, 2.75) is 13.0 Å². The van der Waals surface area contributed by atoms with E-state index in [2.05, 4.69) is 4.98 Å². The second kappa shape index (κ2) is 12.1. The van der Waals surface area contributed by atoms with Gasteiger partial charge in [-0.2, -0.15) is 0 Å². The Morgan fingerprint density at radius 3 is 2.20 bits per heavy atom. The van der Waals surface area contributed by atoms with Crippen molar-refractivity contribution in [1.29, 1.82) is 0 Å². The molecule has 0 saturated carbocycles. The van der Waals surface area contributed by atoms with Crippen molar-refractivity contribution in [1.82, 2.24) is 4.98 Å². The van der Waals surface area contributed by atoms with Crippen LogP contribution in [-0.2, 0) is 9.59 Å². The third kappa shape index (κ3) is 6.38. The van der Waals surface area contributed by atoms with Crippen LogP contribution in [0.15, 0.2) is 72.8 Å². The van der Waals surface area contributed by atoms with Gasteiger partial charge < -0.3 is 26.0 Å². The fraction of sp³-hybridized carbons (Fsp3) is 0.143. The van der Waals surface area contributed by atoms with Crippen molar-refractivity contribution in [2.24, 2.45) is 5.73 Å². The Balaban J connectivity index is 1.47. The first-order valence-corrected chi connectivity index (χ1v) is 13.1. The van der Waals surface area contributed by atoms with E-state index >= 15 is 0 Å². The Morgan fingerprint density at radius 2 is 1.60 bits per heavy atom. The fourth-order valence-corrected chi connectivity index (χ4v) is 4.87. The average Bonchev–Trinajstić information content (AvgIpc) is 3.33. The van der Waals surface area contributed by atoms with E-state index in [1.54, 1.807) is 62.5 Å². The number of nitrogens with zero attached hydrogens (tertiary/aromatic N) is 3. The summed E-state index contributed by atoms with van der Waals surface area (Å²) in [4.78, 5) is 45.2. The van der Waals surface area contributed by atoms with Crippen LogP contribution in [0.3, 0.4) is 0 Å². The molecule has 0 bridgehead atoms. The van der Waals surface area contributed by atoms with Gasteiger partial charge in [-0.05, 0) is 79.7 Å². The molecule has 2 amide bonds. The number of nitrogen functional groups attached to an aromatic ring is 1. The van der Waals surface area contributed by atoms with E-state index in [1.807, 2.05) is 0 Å². The summed E-state index contributed by atoms with van der Waals surface area (Å²) in [6, 6.07) is 17.7. The zero-order valence-electron chi connectivity index (χ0n) is 21.5. The summed E-state index contributed by atoms with van der Waals surface area (Å²) < 4.78 is 19.1. The van der Waals surface area contributed by atoms with Crippen LogP contribution < -0.4 is 26.0 Å². The number of amides is 2. The highest BCUT2D eigenvalue weighted by molar-refractivity contribution is 7.18. The van der Waals surface area contributed by atoms with Crippen LogP contribution in [0.1, 0.15) is 22.2 Å². The van der Waals surface area contributed by atoms with Gasteiger partial charge in [-0.25, -0.2) is 9.37 Å². The second-order valence-corrected chi connectivity index (χ2v) is 10.1. The lowest BCUT2D eigenvalue weighted by Gasteiger charge is -2.26. The number of aromatic nitrogens is 1. The summed E-state index contributed by atoms with van der Waals surface area (Å²) in [5.41, 5.74) is 13.1. The molecule has 0 saturated heterocycles. The zero-order chi connectivity index (χ0) is 29.0. The van der Waals surface area contributed by atoms with E-state index in [9.17, 15) is 18.8 Å². The first kappa shape index (κ1) is 28.5. The van der Waals surface area contributed by atoms with E-state index in [0.29, 0.717) is 27.7 Å². The Labute approximate surface area is 238 Å². The Morgan fingerprint density at radius 1 is 1.00 bits per heavy atom. The third-order valence-corrected chi connectivity index (χ3v) is 7.35. The van der Waals surface area contributed by atoms with Crippen molar-refractivity contribution in [3.63, 3.8) is 0 Å². The van der Waals surface area contributed by atoms with E-state index in [1.165, 1.54) is 34.1 Å². The molecule has 0 aliphatic rings. The second-order valence-electron chi connectivity index (χ2n) is 8.71. The lowest BCUT2D eigenvalue weighted by atomic mass is 10.1. The van der Waals surface area contributed by atoms with Crippen molar-refractivity contribution in [3.8, 4) is 5.75 Å². The molecule has 1 atom stereocenters. The molecular weight excluding hydrogens is 557 g/mol. The minimum Gasteiger partial charge on any atom is -0.484 e. The van der Waals surface area contributed by atoms with Gasteiger partial charge in [0.05, 0.1) is 0 Å². The number of benzene rings is 3. The number of nitrogens with two attached hydrogens (primary N) is 2. The van der Waals surface area contributed by atoms with E-state index in [4.69, 9.17) is 27.8 Å². The van der Waals surface area contributed by atoms with Crippen LogP contribution >= 0.6 is 22.9 Å². The fourth-order valence-electron chi connectivity index (χ4n) is 3.70. The predicted octanol–water partition coefficient (Wildman–Crippen LogP) is 4.80. The summed E-state index contributed by atoms with van der Waals surface area (Å²) in [6.45, 7) is 1.36. The number of hydrogen-bond donors (Lipinski definition) is 2. The number of likely N-dealkylation sites (N-methyl/N-ethyl adjacent to an activating group) is 1. The van der Waals surface area contributed by atoms with Gasteiger partial charge in [0.1, 0.15) is 28.3 Å². The number of ketones is 1. The lowest BCUT2D eigenvalue weighted by Crippen LogP contribution is -2.39. The van der Waals surface area contributed by atoms with Crippen molar-refractivity contribution >= 4 is 62.9 Å². The average molecular weight is 582 g/mol. The van der Waals surface area contributed by atoms with Crippen LogP contribution in [-0.4, -0.2) is 42.3 Å². The number of rotatable bonds is 10. The van der Waals surface area contributed by atoms with E-state index < -0.39 is 23.5 Å². The van der Waals surface area contributed by atoms with Gasteiger partial charge in [0.2, 0.25) is 11.7 Å². The summed E-state index contributed by atoms with van der Waals surface area (Å²) in [7, 11) is 1.63. The quantitative estimate of drug-likeness (QED) is 0.257. The monoisotopic (exact) mass is 581 g/mol. The van der Waals surface area contributed by atoms with Gasteiger partial charge in [0, 0.05) is 29.0 Å². The van der Waals surface area contributed by atoms with Crippen LogP contribution in [0.5, 0.6) is 5.75 Å². The first-order chi connectivity index (χ1) is 19.0. The van der Waals surface area contributed by atoms with E-state index in [-0.39, 0.29) is 28.3 Å². The number of primary amides is 1. The molecule has 1 unspecified atom stereocenters. The highest BCUT2D eigenvalue weighted by atomic mass is 35.5. The predicted molar refractivity (Wildman–Crippen MR) is 154 cm³/mol. The normalized spacial score (nSPS) is 11.5. The van der Waals surface area contributed by atoms with Crippen LogP contribution in [0.4, 0.5) is 26.7 Å².